The second kappa shape index (κ2) is 6.88. The van der Waals surface area contributed by atoms with E-state index in [2.05, 4.69) is 27.5 Å². The van der Waals surface area contributed by atoms with E-state index in [1.54, 1.807) is 18.3 Å². The van der Waals surface area contributed by atoms with Gasteiger partial charge in [-0.25, -0.2) is 9.97 Å². The molecule has 0 atom stereocenters. The third-order valence-electron chi connectivity index (χ3n) is 3.10. The fourth-order valence-electron chi connectivity index (χ4n) is 1.97. The second-order valence-electron chi connectivity index (χ2n) is 4.95. The van der Waals surface area contributed by atoms with Crippen molar-refractivity contribution < 1.29 is 4.79 Å². The van der Waals surface area contributed by atoms with Gasteiger partial charge in [0.1, 0.15) is 11.6 Å². The Labute approximate surface area is 124 Å². The lowest BCUT2D eigenvalue weighted by Gasteiger charge is -2.09. The number of nitrogens with zero attached hydrogens (tertiary/aromatic N) is 3. The molecular weight excluding hydrogens is 266 g/mol. The SMILES string of the molecule is CCCNc1cc(C(=O)NCc2nccn2C)cc(C)n1. The fourth-order valence-corrected chi connectivity index (χ4v) is 1.97. The third kappa shape index (κ3) is 4.05. The van der Waals surface area contributed by atoms with Crippen LogP contribution in [0.5, 0.6) is 0 Å². The van der Waals surface area contributed by atoms with Gasteiger partial charge in [-0.15, -0.1) is 0 Å². The van der Waals surface area contributed by atoms with Gasteiger partial charge in [0, 0.05) is 37.2 Å². The minimum atomic E-state index is -0.122. The summed E-state index contributed by atoms with van der Waals surface area (Å²) in [7, 11) is 1.90. The molecule has 0 saturated carbocycles. The number of pyridine rings is 1. The van der Waals surface area contributed by atoms with Crippen LogP contribution in [-0.2, 0) is 13.6 Å². The maximum Gasteiger partial charge on any atom is 0.251 e. The van der Waals surface area contributed by atoms with Crippen molar-refractivity contribution >= 4 is 11.7 Å². The topological polar surface area (TPSA) is 71.8 Å². The Morgan fingerprint density at radius 2 is 2.19 bits per heavy atom. The van der Waals surface area contributed by atoms with Crippen LogP contribution in [0.1, 0.15) is 35.2 Å². The molecule has 0 fully saturated rings. The van der Waals surface area contributed by atoms with Crippen LogP contribution in [0, 0.1) is 6.92 Å². The van der Waals surface area contributed by atoms with E-state index >= 15 is 0 Å². The summed E-state index contributed by atoms with van der Waals surface area (Å²) in [5.74, 6) is 1.43. The zero-order valence-electron chi connectivity index (χ0n) is 12.7. The Morgan fingerprint density at radius 3 is 2.86 bits per heavy atom. The van der Waals surface area contributed by atoms with E-state index in [-0.39, 0.29) is 5.91 Å². The molecule has 2 rings (SSSR count). The quantitative estimate of drug-likeness (QED) is 0.851. The van der Waals surface area contributed by atoms with Gasteiger partial charge < -0.3 is 15.2 Å². The highest BCUT2D eigenvalue weighted by molar-refractivity contribution is 5.94. The Bertz CT molecular complexity index is 620. The van der Waals surface area contributed by atoms with Crippen LogP contribution >= 0.6 is 0 Å². The van der Waals surface area contributed by atoms with E-state index in [0.717, 1.165) is 30.3 Å². The van der Waals surface area contributed by atoms with Crippen LogP contribution in [0.2, 0.25) is 0 Å². The molecule has 0 spiro atoms. The van der Waals surface area contributed by atoms with Crippen molar-refractivity contribution in [2.24, 2.45) is 7.05 Å². The first-order valence-corrected chi connectivity index (χ1v) is 7.07. The number of carbonyl (C=O) groups is 1. The summed E-state index contributed by atoms with van der Waals surface area (Å²) in [6, 6.07) is 3.56. The highest BCUT2D eigenvalue weighted by Crippen LogP contribution is 2.10. The second-order valence-corrected chi connectivity index (χ2v) is 4.95. The van der Waals surface area contributed by atoms with Crippen LogP contribution in [0.15, 0.2) is 24.5 Å². The Hall–Kier alpha value is -2.37. The predicted molar refractivity (Wildman–Crippen MR) is 82.1 cm³/mol. The molecule has 0 saturated heterocycles. The zero-order chi connectivity index (χ0) is 15.2. The van der Waals surface area contributed by atoms with Crippen molar-refractivity contribution in [3.8, 4) is 0 Å². The standard InChI is InChI=1S/C15H21N5O/c1-4-5-16-13-9-12(8-11(2)19-13)15(21)18-10-14-17-6-7-20(14)3/h6-9H,4-5,10H2,1-3H3,(H,16,19)(H,18,21). The molecule has 0 aliphatic heterocycles. The van der Waals surface area contributed by atoms with E-state index in [1.165, 1.54) is 0 Å². The molecule has 2 aromatic heterocycles. The zero-order valence-corrected chi connectivity index (χ0v) is 12.7. The van der Waals surface area contributed by atoms with Crippen molar-refractivity contribution in [3.05, 3.63) is 41.6 Å². The van der Waals surface area contributed by atoms with E-state index in [9.17, 15) is 4.79 Å². The maximum atomic E-state index is 12.2. The molecule has 0 bridgehead atoms. The molecular formula is C15H21N5O. The monoisotopic (exact) mass is 287 g/mol. The van der Waals surface area contributed by atoms with E-state index in [0.29, 0.717) is 12.1 Å². The van der Waals surface area contributed by atoms with Gasteiger partial charge in [-0.2, -0.15) is 0 Å². The van der Waals surface area contributed by atoms with Gasteiger partial charge in [0.2, 0.25) is 0 Å². The van der Waals surface area contributed by atoms with E-state index in [4.69, 9.17) is 0 Å². The first-order valence-electron chi connectivity index (χ1n) is 7.07. The number of imidazole rings is 1. The van der Waals surface area contributed by atoms with Crippen LogP contribution in [0.4, 0.5) is 5.82 Å². The number of aromatic nitrogens is 3. The molecule has 0 unspecified atom stereocenters. The van der Waals surface area contributed by atoms with Crippen molar-refractivity contribution in [1.29, 1.82) is 0 Å². The molecule has 2 heterocycles. The third-order valence-corrected chi connectivity index (χ3v) is 3.10. The fraction of sp³-hybridized carbons (Fsp3) is 0.400. The molecule has 112 valence electrons. The summed E-state index contributed by atoms with van der Waals surface area (Å²) in [5.41, 5.74) is 1.42. The number of hydrogen-bond donors (Lipinski definition) is 2. The number of anilines is 1. The van der Waals surface area contributed by atoms with Gasteiger partial charge in [0.25, 0.3) is 5.91 Å². The summed E-state index contributed by atoms with van der Waals surface area (Å²) >= 11 is 0. The van der Waals surface area contributed by atoms with Gasteiger partial charge in [0.05, 0.1) is 6.54 Å². The van der Waals surface area contributed by atoms with Crippen LogP contribution < -0.4 is 10.6 Å². The summed E-state index contributed by atoms with van der Waals surface area (Å²) < 4.78 is 1.88. The molecule has 0 aromatic carbocycles. The lowest BCUT2D eigenvalue weighted by molar-refractivity contribution is 0.0949. The molecule has 6 heteroatoms. The smallest absolute Gasteiger partial charge is 0.251 e. The average molecular weight is 287 g/mol. The van der Waals surface area contributed by atoms with Crippen molar-refractivity contribution in [2.75, 3.05) is 11.9 Å². The highest BCUT2D eigenvalue weighted by atomic mass is 16.1. The number of carbonyl (C=O) groups excluding carboxylic acids is 1. The van der Waals surface area contributed by atoms with Gasteiger partial charge in [0.15, 0.2) is 0 Å². The number of rotatable bonds is 6. The molecule has 0 aliphatic rings. The Kier molecular flexibility index (Phi) is 4.92. The van der Waals surface area contributed by atoms with Gasteiger partial charge in [-0.3, -0.25) is 4.79 Å². The minimum Gasteiger partial charge on any atom is -0.370 e. The Morgan fingerprint density at radius 1 is 1.38 bits per heavy atom. The Balaban J connectivity index is 2.04. The maximum absolute atomic E-state index is 12.2. The number of hydrogen-bond acceptors (Lipinski definition) is 4. The van der Waals surface area contributed by atoms with Crippen LogP contribution in [-0.4, -0.2) is 27.0 Å². The molecule has 0 aliphatic carbocycles. The first kappa shape index (κ1) is 15.0. The predicted octanol–water partition coefficient (Wildman–Crippen LogP) is 1.88. The molecule has 2 N–H and O–H groups in total. The van der Waals surface area contributed by atoms with Crippen molar-refractivity contribution in [2.45, 2.75) is 26.8 Å². The van der Waals surface area contributed by atoms with Crippen LogP contribution in [0.25, 0.3) is 0 Å². The van der Waals surface area contributed by atoms with E-state index in [1.807, 2.05) is 24.7 Å². The van der Waals surface area contributed by atoms with E-state index < -0.39 is 0 Å². The average Bonchev–Trinajstić information content (AvgIpc) is 2.87. The largest absolute Gasteiger partial charge is 0.370 e. The summed E-state index contributed by atoms with van der Waals surface area (Å²) in [6.45, 7) is 5.21. The lowest BCUT2D eigenvalue weighted by atomic mass is 10.2. The minimum absolute atomic E-state index is 0.122. The number of nitrogens with one attached hydrogen (secondary N) is 2. The molecule has 6 nitrogen and oxygen atoms in total. The summed E-state index contributed by atoms with van der Waals surface area (Å²) in [6.07, 6.45) is 4.58. The van der Waals surface area contributed by atoms with Gasteiger partial charge >= 0.3 is 0 Å². The number of amides is 1. The van der Waals surface area contributed by atoms with Gasteiger partial charge in [-0.1, -0.05) is 6.92 Å². The summed E-state index contributed by atoms with van der Waals surface area (Å²) in [4.78, 5) is 20.8. The normalized spacial score (nSPS) is 10.4. The number of aryl methyl sites for hydroxylation is 2. The molecule has 1 amide bonds. The molecule has 0 radical (unpaired) electrons. The molecule has 21 heavy (non-hydrogen) atoms. The van der Waals surface area contributed by atoms with Crippen molar-refractivity contribution in [3.63, 3.8) is 0 Å². The highest BCUT2D eigenvalue weighted by Gasteiger charge is 2.09. The molecule has 2 aromatic rings. The van der Waals surface area contributed by atoms with Gasteiger partial charge in [-0.05, 0) is 25.5 Å². The lowest BCUT2D eigenvalue weighted by Crippen LogP contribution is -2.24. The van der Waals surface area contributed by atoms with Crippen molar-refractivity contribution in [1.82, 2.24) is 19.9 Å². The first-order chi connectivity index (χ1) is 10.1. The summed E-state index contributed by atoms with van der Waals surface area (Å²) in [5, 5.41) is 6.08. The van der Waals surface area contributed by atoms with Crippen LogP contribution in [0.3, 0.4) is 0 Å².